The Hall–Kier alpha value is -1.62. The van der Waals surface area contributed by atoms with Crippen LogP contribution in [0, 0.1) is 5.82 Å². The zero-order valence-electron chi connectivity index (χ0n) is 10.6. The first-order valence-electron chi connectivity index (χ1n) is 6.29. The van der Waals surface area contributed by atoms with Gasteiger partial charge >= 0.3 is 0 Å². The van der Waals surface area contributed by atoms with Gasteiger partial charge in [-0.05, 0) is 38.3 Å². The number of thiophene rings is 1. The number of carbonyl (C=O) groups excluding carboxylic acids is 1. The summed E-state index contributed by atoms with van der Waals surface area (Å²) >= 11 is 1.24. The number of fused-ring (bicyclic) bond motifs is 1. The second-order valence-electron chi connectivity index (χ2n) is 5.33. The van der Waals surface area contributed by atoms with Gasteiger partial charge < -0.3 is 11.1 Å². The van der Waals surface area contributed by atoms with Gasteiger partial charge in [-0.2, -0.15) is 0 Å². The number of rotatable bonds is 2. The van der Waals surface area contributed by atoms with Gasteiger partial charge in [0.05, 0.1) is 11.1 Å². The van der Waals surface area contributed by atoms with Gasteiger partial charge in [-0.3, -0.25) is 4.79 Å². The van der Waals surface area contributed by atoms with Crippen LogP contribution in [0.1, 0.15) is 35.9 Å². The summed E-state index contributed by atoms with van der Waals surface area (Å²) in [4.78, 5) is 12.7. The number of benzene rings is 1. The fourth-order valence-electron chi connectivity index (χ4n) is 2.46. The van der Waals surface area contributed by atoms with Crippen molar-refractivity contribution >= 4 is 33.0 Å². The monoisotopic (exact) mass is 278 g/mol. The molecule has 0 atom stereocenters. The van der Waals surface area contributed by atoms with Crippen molar-refractivity contribution in [2.24, 2.45) is 0 Å². The van der Waals surface area contributed by atoms with E-state index in [1.165, 1.54) is 17.4 Å². The molecule has 0 bridgehead atoms. The predicted octanol–water partition coefficient (Wildman–Crippen LogP) is 3.30. The molecule has 3 rings (SSSR count). The maximum absolute atomic E-state index is 13.7. The van der Waals surface area contributed by atoms with Gasteiger partial charge in [-0.25, -0.2) is 4.39 Å². The van der Waals surface area contributed by atoms with Crippen LogP contribution in [0.3, 0.4) is 0 Å². The molecule has 3 N–H and O–H groups in total. The van der Waals surface area contributed by atoms with Gasteiger partial charge in [-0.1, -0.05) is 6.07 Å². The minimum absolute atomic E-state index is 0.127. The Morgan fingerprint density at radius 3 is 2.79 bits per heavy atom. The lowest BCUT2D eigenvalue weighted by molar-refractivity contribution is 0.0855. The highest BCUT2D eigenvalue weighted by atomic mass is 32.1. The molecule has 3 nitrogen and oxygen atoms in total. The predicted molar refractivity (Wildman–Crippen MR) is 75.9 cm³/mol. The Kier molecular flexibility index (Phi) is 2.74. The van der Waals surface area contributed by atoms with Crippen molar-refractivity contribution < 1.29 is 9.18 Å². The quantitative estimate of drug-likeness (QED) is 0.885. The first-order chi connectivity index (χ1) is 9.00. The third-order valence-corrected chi connectivity index (χ3v) is 4.95. The van der Waals surface area contributed by atoms with Crippen LogP contribution in [-0.4, -0.2) is 11.4 Å². The van der Waals surface area contributed by atoms with Crippen molar-refractivity contribution in [3.05, 3.63) is 28.9 Å². The van der Waals surface area contributed by atoms with E-state index in [4.69, 9.17) is 5.73 Å². The van der Waals surface area contributed by atoms with Crippen LogP contribution < -0.4 is 11.1 Å². The standard InChI is InChI=1S/C14H15FN2OS/c1-14(6-3-7-14)17-13(18)12-11(16)10-8(15)4-2-5-9(10)19-12/h2,4-5H,3,6-7,16H2,1H3,(H,17,18). The topological polar surface area (TPSA) is 55.1 Å². The Bertz CT molecular complexity index is 661. The summed E-state index contributed by atoms with van der Waals surface area (Å²) in [7, 11) is 0. The van der Waals surface area contributed by atoms with E-state index >= 15 is 0 Å². The van der Waals surface area contributed by atoms with Crippen LogP contribution >= 0.6 is 11.3 Å². The third-order valence-electron chi connectivity index (χ3n) is 3.78. The van der Waals surface area contributed by atoms with E-state index in [0.717, 1.165) is 19.3 Å². The SMILES string of the molecule is CC1(NC(=O)c2sc3cccc(F)c3c2N)CCC1. The molecule has 0 radical (unpaired) electrons. The van der Waals surface area contributed by atoms with Crippen LogP contribution in [0.2, 0.25) is 0 Å². The number of carbonyl (C=O) groups is 1. The lowest BCUT2D eigenvalue weighted by Crippen LogP contribution is -2.50. The first kappa shape index (κ1) is 12.4. The molecule has 0 saturated heterocycles. The Morgan fingerprint density at radius 1 is 1.47 bits per heavy atom. The molecular weight excluding hydrogens is 263 g/mol. The average Bonchev–Trinajstić information content (AvgIpc) is 2.66. The number of hydrogen-bond donors (Lipinski definition) is 2. The van der Waals surface area contributed by atoms with Crippen LogP contribution in [0.15, 0.2) is 18.2 Å². The van der Waals surface area contributed by atoms with Crippen LogP contribution in [0.25, 0.3) is 10.1 Å². The van der Waals surface area contributed by atoms with Crippen LogP contribution in [0.4, 0.5) is 10.1 Å². The number of anilines is 1. The molecule has 5 heteroatoms. The minimum Gasteiger partial charge on any atom is -0.397 e. The van der Waals surface area contributed by atoms with Gasteiger partial charge in [0.15, 0.2) is 0 Å². The molecule has 1 aromatic heterocycles. The highest BCUT2D eigenvalue weighted by Crippen LogP contribution is 2.37. The number of hydrogen-bond acceptors (Lipinski definition) is 3. The van der Waals surface area contributed by atoms with E-state index in [1.54, 1.807) is 12.1 Å². The van der Waals surface area contributed by atoms with Crippen molar-refractivity contribution in [3.63, 3.8) is 0 Å². The van der Waals surface area contributed by atoms with Crippen molar-refractivity contribution in [2.45, 2.75) is 31.7 Å². The maximum Gasteiger partial charge on any atom is 0.263 e. The van der Waals surface area contributed by atoms with E-state index in [2.05, 4.69) is 5.32 Å². The Labute approximate surface area is 114 Å². The van der Waals surface area contributed by atoms with E-state index in [-0.39, 0.29) is 23.0 Å². The molecule has 1 saturated carbocycles. The lowest BCUT2D eigenvalue weighted by Gasteiger charge is -2.39. The Morgan fingerprint density at radius 2 is 2.21 bits per heavy atom. The summed E-state index contributed by atoms with van der Waals surface area (Å²) in [5.41, 5.74) is 6.05. The van der Waals surface area contributed by atoms with E-state index in [9.17, 15) is 9.18 Å². The van der Waals surface area contributed by atoms with Crippen molar-refractivity contribution in [3.8, 4) is 0 Å². The summed E-state index contributed by atoms with van der Waals surface area (Å²) in [5, 5.41) is 3.36. The molecule has 1 aliphatic rings. The molecule has 1 heterocycles. The molecule has 19 heavy (non-hydrogen) atoms. The fraction of sp³-hybridized carbons (Fsp3) is 0.357. The highest BCUT2D eigenvalue weighted by Gasteiger charge is 2.34. The number of amides is 1. The molecule has 0 unspecified atom stereocenters. The second kappa shape index (κ2) is 4.20. The van der Waals surface area contributed by atoms with Gasteiger partial charge in [0.1, 0.15) is 10.7 Å². The van der Waals surface area contributed by atoms with E-state index in [1.807, 2.05) is 6.92 Å². The normalized spacial score (nSPS) is 17.2. The second-order valence-corrected chi connectivity index (χ2v) is 6.38. The number of nitrogens with one attached hydrogen (secondary N) is 1. The first-order valence-corrected chi connectivity index (χ1v) is 7.11. The molecule has 100 valence electrons. The molecule has 1 amide bonds. The van der Waals surface area contributed by atoms with Crippen molar-refractivity contribution in [1.29, 1.82) is 0 Å². The van der Waals surface area contributed by atoms with Gasteiger partial charge in [0, 0.05) is 10.2 Å². The molecular formula is C14H15FN2OS. The van der Waals surface area contributed by atoms with Crippen molar-refractivity contribution in [1.82, 2.24) is 5.32 Å². The van der Waals surface area contributed by atoms with Gasteiger partial charge in [-0.15, -0.1) is 11.3 Å². The smallest absolute Gasteiger partial charge is 0.263 e. The molecule has 1 aromatic carbocycles. The number of nitrogen functional groups attached to an aromatic ring is 1. The van der Waals surface area contributed by atoms with Crippen LogP contribution in [0.5, 0.6) is 0 Å². The summed E-state index contributed by atoms with van der Waals surface area (Å²) in [6, 6.07) is 4.77. The van der Waals surface area contributed by atoms with Gasteiger partial charge in [0.25, 0.3) is 5.91 Å². The minimum atomic E-state index is -0.375. The third kappa shape index (κ3) is 1.98. The summed E-state index contributed by atoms with van der Waals surface area (Å²) in [5.74, 6) is -0.569. The molecule has 1 fully saturated rings. The zero-order chi connectivity index (χ0) is 13.6. The highest BCUT2D eigenvalue weighted by molar-refractivity contribution is 7.21. The molecule has 1 aliphatic carbocycles. The Balaban J connectivity index is 1.98. The fourth-order valence-corrected chi connectivity index (χ4v) is 3.49. The number of halogens is 1. The molecule has 0 spiro atoms. The van der Waals surface area contributed by atoms with Gasteiger partial charge in [0.2, 0.25) is 0 Å². The van der Waals surface area contributed by atoms with E-state index < -0.39 is 0 Å². The number of nitrogens with two attached hydrogens (primary N) is 1. The average molecular weight is 278 g/mol. The molecule has 0 aliphatic heterocycles. The lowest BCUT2D eigenvalue weighted by atomic mass is 9.78. The molecule has 2 aromatic rings. The van der Waals surface area contributed by atoms with E-state index in [0.29, 0.717) is 15.0 Å². The largest absolute Gasteiger partial charge is 0.397 e. The zero-order valence-corrected chi connectivity index (χ0v) is 11.4. The van der Waals surface area contributed by atoms with Crippen LogP contribution in [-0.2, 0) is 0 Å². The summed E-state index contributed by atoms with van der Waals surface area (Å²) < 4.78 is 14.4. The van der Waals surface area contributed by atoms with Crippen molar-refractivity contribution in [2.75, 3.05) is 5.73 Å². The maximum atomic E-state index is 13.7. The summed E-state index contributed by atoms with van der Waals surface area (Å²) in [6.45, 7) is 2.03. The summed E-state index contributed by atoms with van der Waals surface area (Å²) in [6.07, 6.45) is 3.10.